The molecule has 0 aromatic heterocycles. The van der Waals surface area contributed by atoms with Crippen LogP contribution in [0.1, 0.15) is 53.9 Å². The lowest BCUT2D eigenvalue weighted by Gasteiger charge is -2.29. The Morgan fingerprint density at radius 3 is 2.25 bits per heavy atom. The van der Waals surface area contributed by atoms with Crippen LogP contribution >= 0.6 is 11.8 Å². The van der Waals surface area contributed by atoms with Crippen LogP contribution in [0.4, 0.5) is 0 Å². The normalized spacial score (nSPS) is 16.1. The van der Waals surface area contributed by atoms with Gasteiger partial charge in [0.15, 0.2) is 0 Å². The number of hydrogen-bond acceptors (Lipinski definition) is 3. The van der Waals surface area contributed by atoms with E-state index in [2.05, 4.69) is 39.9 Å². The zero-order valence-electron chi connectivity index (χ0n) is 11.6. The molecule has 0 aliphatic rings. The summed E-state index contributed by atoms with van der Waals surface area (Å²) >= 11 is 2.00. The molecule has 0 saturated carbocycles. The highest BCUT2D eigenvalue weighted by atomic mass is 32.2. The van der Waals surface area contributed by atoms with E-state index < -0.39 is 0 Å². The topological polar surface area (TPSA) is 32.3 Å². The van der Waals surface area contributed by atoms with Gasteiger partial charge in [-0.05, 0) is 38.5 Å². The fraction of sp³-hybridized carbons (Fsp3) is 1.00. The zero-order valence-corrected chi connectivity index (χ0v) is 12.4. The van der Waals surface area contributed by atoms with Crippen molar-refractivity contribution < 1.29 is 5.11 Å². The molecule has 1 unspecified atom stereocenters. The van der Waals surface area contributed by atoms with Crippen LogP contribution in [0.25, 0.3) is 0 Å². The molecule has 0 rings (SSSR count). The maximum atomic E-state index is 9.40. The van der Waals surface area contributed by atoms with Gasteiger partial charge in [0.1, 0.15) is 0 Å². The predicted octanol–water partition coefficient (Wildman–Crippen LogP) is 3.05. The summed E-state index contributed by atoms with van der Waals surface area (Å²) in [5, 5.41) is 12.8. The molecule has 98 valence electrons. The molecule has 3 heteroatoms. The predicted molar refractivity (Wildman–Crippen MR) is 75.2 cm³/mol. The number of thioether (sulfide) groups is 1. The average molecular weight is 247 g/mol. The summed E-state index contributed by atoms with van der Waals surface area (Å²) in [5.41, 5.74) is -0.0888. The molecule has 0 spiro atoms. The molecule has 2 nitrogen and oxygen atoms in total. The van der Waals surface area contributed by atoms with Crippen molar-refractivity contribution in [3.05, 3.63) is 0 Å². The molecular weight excluding hydrogens is 218 g/mol. The van der Waals surface area contributed by atoms with Crippen LogP contribution in [-0.4, -0.2) is 34.3 Å². The van der Waals surface area contributed by atoms with Crippen LogP contribution in [0.15, 0.2) is 0 Å². The second-order valence-corrected chi connectivity index (χ2v) is 7.63. The number of rotatable bonds is 8. The molecule has 2 N–H and O–H groups in total. The molecule has 0 radical (unpaired) electrons. The van der Waals surface area contributed by atoms with Gasteiger partial charge in [-0.1, -0.05) is 27.7 Å². The summed E-state index contributed by atoms with van der Waals surface area (Å²) in [5.74, 6) is 1.17. The van der Waals surface area contributed by atoms with Gasteiger partial charge >= 0.3 is 0 Å². The third kappa shape index (κ3) is 8.43. The van der Waals surface area contributed by atoms with Crippen LogP contribution in [0, 0.1) is 0 Å². The van der Waals surface area contributed by atoms with Gasteiger partial charge < -0.3 is 10.4 Å². The Morgan fingerprint density at radius 2 is 1.81 bits per heavy atom. The zero-order chi connectivity index (χ0) is 12.7. The summed E-state index contributed by atoms with van der Waals surface area (Å²) in [6, 6.07) is 0. The molecule has 16 heavy (non-hydrogen) atoms. The van der Waals surface area contributed by atoms with Crippen LogP contribution < -0.4 is 5.32 Å². The minimum absolute atomic E-state index is 0.0888. The monoisotopic (exact) mass is 247 g/mol. The van der Waals surface area contributed by atoms with E-state index >= 15 is 0 Å². The maximum Gasteiger partial charge on any atom is 0.0610 e. The van der Waals surface area contributed by atoms with Crippen molar-refractivity contribution in [1.29, 1.82) is 0 Å². The first-order chi connectivity index (χ1) is 7.33. The van der Waals surface area contributed by atoms with Crippen LogP contribution in [0.2, 0.25) is 0 Å². The Kier molecular flexibility index (Phi) is 7.70. The largest absolute Gasteiger partial charge is 0.394 e. The SMILES string of the molecule is CCCNC(C)(CO)CCCSC(C)(C)C. The van der Waals surface area contributed by atoms with Crippen molar-refractivity contribution in [2.45, 2.75) is 64.2 Å². The van der Waals surface area contributed by atoms with E-state index in [0.717, 1.165) is 25.8 Å². The molecular formula is C13H29NOS. The molecule has 1 atom stereocenters. The Hall–Kier alpha value is 0.270. The number of aliphatic hydroxyl groups is 1. The fourth-order valence-corrected chi connectivity index (χ4v) is 2.39. The quantitative estimate of drug-likeness (QED) is 0.647. The second-order valence-electron chi connectivity index (χ2n) is 5.71. The maximum absolute atomic E-state index is 9.40. The first kappa shape index (κ1) is 16.3. The van der Waals surface area contributed by atoms with Crippen LogP contribution in [0.3, 0.4) is 0 Å². The lowest BCUT2D eigenvalue weighted by Crippen LogP contribution is -2.46. The standard InChI is InChI=1S/C13H29NOS/c1-6-9-14-13(5,11-15)8-7-10-16-12(2,3)4/h14-15H,6-11H2,1-5H3. The highest BCUT2D eigenvalue weighted by molar-refractivity contribution is 8.00. The summed E-state index contributed by atoms with van der Waals surface area (Å²) in [6.45, 7) is 12.2. The van der Waals surface area contributed by atoms with E-state index in [9.17, 15) is 5.11 Å². The number of aliphatic hydroxyl groups excluding tert-OH is 1. The van der Waals surface area contributed by atoms with Crippen molar-refractivity contribution in [3.8, 4) is 0 Å². The van der Waals surface area contributed by atoms with E-state index in [1.165, 1.54) is 5.75 Å². The first-order valence-electron chi connectivity index (χ1n) is 6.33. The summed E-state index contributed by atoms with van der Waals surface area (Å²) < 4.78 is 0.354. The van der Waals surface area contributed by atoms with E-state index in [4.69, 9.17) is 0 Å². The van der Waals surface area contributed by atoms with Crippen molar-refractivity contribution in [1.82, 2.24) is 5.32 Å². The summed E-state index contributed by atoms with van der Waals surface area (Å²) in [6.07, 6.45) is 3.33. The van der Waals surface area contributed by atoms with Crippen LogP contribution in [0.5, 0.6) is 0 Å². The van der Waals surface area contributed by atoms with E-state index in [-0.39, 0.29) is 12.1 Å². The Balaban J connectivity index is 3.77. The Morgan fingerprint density at radius 1 is 1.19 bits per heavy atom. The van der Waals surface area contributed by atoms with Gasteiger partial charge in [0.2, 0.25) is 0 Å². The first-order valence-corrected chi connectivity index (χ1v) is 7.31. The smallest absolute Gasteiger partial charge is 0.0610 e. The highest BCUT2D eigenvalue weighted by Crippen LogP contribution is 2.25. The lowest BCUT2D eigenvalue weighted by molar-refractivity contribution is 0.165. The molecule has 0 fully saturated rings. The van der Waals surface area contributed by atoms with Gasteiger partial charge in [-0.15, -0.1) is 0 Å². The fourth-order valence-electron chi connectivity index (χ4n) is 1.49. The highest BCUT2D eigenvalue weighted by Gasteiger charge is 2.21. The average Bonchev–Trinajstić information content (AvgIpc) is 2.20. The van der Waals surface area contributed by atoms with Gasteiger partial charge in [0.25, 0.3) is 0 Å². The van der Waals surface area contributed by atoms with E-state index in [1.807, 2.05) is 11.8 Å². The summed E-state index contributed by atoms with van der Waals surface area (Å²) in [4.78, 5) is 0. The molecule has 0 aromatic carbocycles. The molecule has 0 heterocycles. The number of nitrogens with one attached hydrogen (secondary N) is 1. The van der Waals surface area contributed by atoms with E-state index in [0.29, 0.717) is 4.75 Å². The molecule has 0 bridgehead atoms. The van der Waals surface area contributed by atoms with Crippen molar-refractivity contribution >= 4 is 11.8 Å². The molecule has 0 saturated heterocycles. The third-order valence-electron chi connectivity index (χ3n) is 2.56. The lowest BCUT2D eigenvalue weighted by atomic mass is 9.97. The van der Waals surface area contributed by atoms with Gasteiger partial charge in [-0.3, -0.25) is 0 Å². The van der Waals surface area contributed by atoms with Crippen molar-refractivity contribution in [3.63, 3.8) is 0 Å². The van der Waals surface area contributed by atoms with Gasteiger partial charge in [-0.25, -0.2) is 0 Å². The molecule has 0 aromatic rings. The minimum Gasteiger partial charge on any atom is -0.394 e. The van der Waals surface area contributed by atoms with E-state index in [1.54, 1.807) is 0 Å². The second kappa shape index (κ2) is 7.57. The van der Waals surface area contributed by atoms with Gasteiger partial charge in [-0.2, -0.15) is 11.8 Å². The number of hydrogen-bond donors (Lipinski definition) is 2. The minimum atomic E-state index is -0.0888. The molecule has 0 aliphatic carbocycles. The Labute approximate surface area is 106 Å². The van der Waals surface area contributed by atoms with Crippen molar-refractivity contribution in [2.75, 3.05) is 18.9 Å². The van der Waals surface area contributed by atoms with Gasteiger partial charge in [0.05, 0.1) is 6.61 Å². The van der Waals surface area contributed by atoms with Crippen LogP contribution in [-0.2, 0) is 0 Å². The summed E-state index contributed by atoms with van der Waals surface area (Å²) in [7, 11) is 0. The Bertz CT molecular complexity index is 179. The third-order valence-corrected chi connectivity index (χ3v) is 3.92. The van der Waals surface area contributed by atoms with Gasteiger partial charge in [0, 0.05) is 10.3 Å². The molecule has 0 amide bonds. The molecule has 0 aliphatic heterocycles. The van der Waals surface area contributed by atoms with Crippen molar-refractivity contribution in [2.24, 2.45) is 0 Å².